The maximum atomic E-state index is 6.65. The molecule has 3 heteroatoms. The van der Waals surface area contributed by atoms with Crippen LogP contribution in [0.1, 0.15) is 39.2 Å². The van der Waals surface area contributed by atoms with E-state index in [2.05, 4.69) is 37.8 Å². The summed E-state index contributed by atoms with van der Waals surface area (Å²) >= 11 is 5.95. The van der Waals surface area contributed by atoms with Gasteiger partial charge in [-0.1, -0.05) is 50.9 Å². The molecule has 102 valence electrons. The molecular formula is C15H25ClN2. The lowest BCUT2D eigenvalue weighted by molar-refractivity contribution is 0.215. The Kier molecular flexibility index (Phi) is 6.13. The standard InChI is InChI=1S/C15H25ClN2/c1-4-11-15(17,12-18(5-2)6-3)13-7-9-14(16)10-8-13/h7-10H,4-6,11-12,17H2,1-3H3. The van der Waals surface area contributed by atoms with E-state index in [9.17, 15) is 0 Å². The summed E-state index contributed by atoms with van der Waals surface area (Å²) in [7, 11) is 0. The average molecular weight is 269 g/mol. The summed E-state index contributed by atoms with van der Waals surface area (Å²) in [5, 5.41) is 0.764. The summed E-state index contributed by atoms with van der Waals surface area (Å²) in [5.41, 5.74) is 7.56. The Morgan fingerprint density at radius 3 is 2.11 bits per heavy atom. The minimum atomic E-state index is -0.272. The highest BCUT2D eigenvalue weighted by Gasteiger charge is 2.28. The Labute approximate surface area is 116 Å². The maximum Gasteiger partial charge on any atom is 0.0538 e. The number of hydrogen-bond acceptors (Lipinski definition) is 2. The van der Waals surface area contributed by atoms with E-state index in [0.29, 0.717) is 0 Å². The van der Waals surface area contributed by atoms with Crippen molar-refractivity contribution in [3.63, 3.8) is 0 Å². The van der Waals surface area contributed by atoms with E-state index in [4.69, 9.17) is 17.3 Å². The molecule has 0 bridgehead atoms. The first-order valence-corrected chi connectivity index (χ1v) is 7.20. The summed E-state index contributed by atoms with van der Waals surface area (Å²) in [6.07, 6.45) is 2.07. The monoisotopic (exact) mass is 268 g/mol. The molecule has 0 aliphatic heterocycles. The van der Waals surface area contributed by atoms with Crippen molar-refractivity contribution >= 4 is 11.6 Å². The molecule has 0 radical (unpaired) electrons. The summed E-state index contributed by atoms with van der Waals surface area (Å²) in [4.78, 5) is 2.38. The number of halogens is 1. The second kappa shape index (κ2) is 7.13. The van der Waals surface area contributed by atoms with Gasteiger partial charge >= 0.3 is 0 Å². The molecular weight excluding hydrogens is 244 g/mol. The van der Waals surface area contributed by atoms with Gasteiger partial charge in [-0.15, -0.1) is 0 Å². The molecule has 0 spiro atoms. The van der Waals surface area contributed by atoms with Crippen molar-refractivity contribution in [2.24, 2.45) is 5.73 Å². The fourth-order valence-corrected chi connectivity index (χ4v) is 2.51. The van der Waals surface area contributed by atoms with Crippen molar-refractivity contribution in [2.75, 3.05) is 19.6 Å². The Balaban J connectivity index is 2.94. The summed E-state index contributed by atoms with van der Waals surface area (Å²) in [5.74, 6) is 0. The number of nitrogens with two attached hydrogens (primary N) is 1. The number of nitrogens with zero attached hydrogens (tertiary/aromatic N) is 1. The maximum absolute atomic E-state index is 6.65. The molecule has 1 unspecified atom stereocenters. The van der Waals surface area contributed by atoms with Crippen LogP contribution in [0, 0.1) is 0 Å². The predicted molar refractivity (Wildman–Crippen MR) is 80.0 cm³/mol. The fourth-order valence-electron chi connectivity index (χ4n) is 2.39. The van der Waals surface area contributed by atoms with Crippen molar-refractivity contribution in [1.29, 1.82) is 0 Å². The van der Waals surface area contributed by atoms with Crippen LogP contribution < -0.4 is 5.73 Å². The average Bonchev–Trinajstić information content (AvgIpc) is 2.37. The molecule has 1 atom stereocenters. The molecule has 1 aromatic carbocycles. The molecule has 0 amide bonds. The predicted octanol–water partition coefficient (Wildman–Crippen LogP) is 3.64. The zero-order chi connectivity index (χ0) is 13.6. The summed E-state index contributed by atoms with van der Waals surface area (Å²) in [6.45, 7) is 9.50. The van der Waals surface area contributed by atoms with Crippen molar-refractivity contribution in [3.8, 4) is 0 Å². The van der Waals surface area contributed by atoms with E-state index in [1.165, 1.54) is 5.56 Å². The quantitative estimate of drug-likeness (QED) is 0.818. The van der Waals surface area contributed by atoms with Gasteiger partial charge in [0.1, 0.15) is 0 Å². The number of benzene rings is 1. The van der Waals surface area contributed by atoms with Gasteiger partial charge in [-0.05, 0) is 37.2 Å². The van der Waals surface area contributed by atoms with Crippen LogP contribution in [-0.2, 0) is 5.54 Å². The second-order valence-electron chi connectivity index (χ2n) is 4.87. The van der Waals surface area contributed by atoms with Crippen LogP contribution in [0.2, 0.25) is 5.02 Å². The second-order valence-corrected chi connectivity index (χ2v) is 5.31. The molecule has 2 N–H and O–H groups in total. The van der Waals surface area contributed by atoms with Gasteiger partial charge < -0.3 is 10.6 Å². The van der Waals surface area contributed by atoms with E-state index < -0.39 is 0 Å². The summed E-state index contributed by atoms with van der Waals surface area (Å²) < 4.78 is 0. The third-order valence-corrected chi connectivity index (χ3v) is 3.77. The van der Waals surface area contributed by atoms with Gasteiger partial charge in [-0.25, -0.2) is 0 Å². The van der Waals surface area contributed by atoms with Crippen LogP contribution in [0.15, 0.2) is 24.3 Å². The van der Waals surface area contributed by atoms with Gasteiger partial charge in [-0.3, -0.25) is 0 Å². The molecule has 18 heavy (non-hydrogen) atoms. The lowest BCUT2D eigenvalue weighted by Crippen LogP contribution is -2.47. The van der Waals surface area contributed by atoms with Crippen molar-refractivity contribution in [1.82, 2.24) is 4.90 Å². The largest absolute Gasteiger partial charge is 0.320 e. The fraction of sp³-hybridized carbons (Fsp3) is 0.600. The third-order valence-electron chi connectivity index (χ3n) is 3.52. The highest BCUT2D eigenvalue weighted by molar-refractivity contribution is 6.30. The van der Waals surface area contributed by atoms with Gasteiger partial charge in [0, 0.05) is 11.6 Å². The SMILES string of the molecule is CCCC(N)(CN(CC)CC)c1ccc(Cl)cc1. The van der Waals surface area contributed by atoms with Crippen LogP contribution in [0.25, 0.3) is 0 Å². The van der Waals surface area contributed by atoms with E-state index in [-0.39, 0.29) is 5.54 Å². The summed E-state index contributed by atoms with van der Waals surface area (Å²) in [6, 6.07) is 7.97. The topological polar surface area (TPSA) is 29.3 Å². The van der Waals surface area contributed by atoms with E-state index in [1.54, 1.807) is 0 Å². The zero-order valence-corrected chi connectivity index (χ0v) is 12.5. The van der Waals surface area contributed by atoms with Crippen molar-refractivity contribution in [3.05, 3.63) is 34.9 Å². The molecule has 0 saturated heterocycles. The minimum absolute atomic E-state index is 0.272. The third kappa shape index (κ3) is 3.98. The minimum Gasteiger partial charge on any atom is -0.320 e. The van der Waals surface area contributed by atoms with Crippen LogP contribution >= 0.6 is 11.6 Å². The van der Waals surface area contributed by atoms with E-state index >= 15 is 0 Å². The van der Waals surface area contributed by atoms with Crippen LogP contribution in [0.4, 0.5) is 0 Å². The van der Waals surface area contributed by atoms with Gasteiger partial charge in [0.05, 0.1) is 5.54 Å². The lowest BCUT2D eigenvalue weighted by atomic mass is 9.86. The van der Waals surface area contributed by atoms with Crippen LogP contribution in [-0.4, -0.2) is 24.5 Å². The first-order valence-electron chi connectivity index (χ1n) is 6.83. The number of rotatable bonds is 7. The van der Waals surface area contributed by atoms with E-state index in [0.717, 1.165) is 37.5 Å². The first kappa shape index (κ1) is 15.5. The Hall–Kier alpha value is -0.570. The smallest absolute Gasteiger partial charge is 0.0538 e. The Morgan fingerprint density at radius 2 is 1.67 bits per heavy atom. The molecule has 0 saturated carbocycles. The van der Waals surface area contributed by atoms with Gasteiger partial charge in [0.2, 0.25) is 0 Å². The zero-order valence-electron chi connectivity index (χ0n) is 11.7. The molecule has 0 aliphatic carbocycles. The number of hydrogen-bond donors (Lipinski definition) is 1. The molecule has 2 nitrogen and oxygen atoms in total. The van der Waals surface area contributed by atoms with Gasteiger partial charge in [0.25, 0.3) is 0 Å². The molecule has 0 fully saturated rings. The molecule has 0 heterocycles. The Morgan fingerprint density at radius 1 is 1.11 bits per heavy atom. The first-order chi connectivity index (χ1) is 8.55. The highest BCUT2D eigenvalue weighted by atomic mass is 35.5. The van der Waals surface area contributed by atoms with Gasteiger partial charge in [-0.2, -0.15) is 0 Å². The highest BCUT2D eigenvalue weighted by Crippen LogP contribution is 2.26. The lowest BCUT2D eigenvalue weighted by Gasteiger charge is -2.35. The van der Waals surface area contributed by atoms with Crippen LogP contribution in [0.3, 0.4) is 0 Å². The normalized spacial score (nSPS) is 14.8. The number of likely N-dealkylation sites (N-methyl/N-ethyl adjacent to an activating group) is 1. The molecule has 0 aliphatic rings. The van der Waals surface area contributed by atoms with Crippen LogP contribution in [0.5, 0.6) is 0 Å². The van der Waals surface area contributed by atoms with Crippen molar-refractivity contribution in [2.45, 2.75) is 39.2 Å². The Bertz CT molecular complexity index is 346. The molecule has 1 aromatic rings. The molecule has 1 rings (SSSR count). The van der Waals surface area contributed by atoms with Crippen molar-refractivity contribution < 1.29 is 0 Å². The van der Waals surface area contributed by atoms with Gasteiger partial charge in [0.15, 0.2) is 0 Å². The van der Waals surface area contributed by atoms with E-state index in [1.807, 2.05) is 12.1 Å². The molecule has 0 aromatic heterocycles.